The van der Waals surface area contributed by atoms with E-state index in [1.54, 1.807) is 0 Å². The molecule has 0 radical (unpaired) electrons. The monoisotopic (exact) mass is 303 g/mol. The lowest BCUT2D eigenvalue weighted by molar-refractivity contribution is 0.303. The fourth-order valence-electron chi connectivity index (χ4n) is 2.56. The molecule has 0 aliphatic carbocycles. The van der Waals surface area contributed by atoms with Gasteiger partial charge in [-0.3, -0.25) is 0 Å². The van der Waals surface area contributed by atoms with Gasteiger partial charge >= 0.3 is 0 Å². The largest absolute Gasteiger partial charge is 0.489 e. The standard InChI is InChI=1S/C21H21NO/c22-15-19-11-12-20(13-17-7-3-1-4-8-17)21(14-19)23-16-18-9-5-2-6-10-18/h1-12,14H,13,15-16,22H2. The van der Waals surface area contributed by atoms with E-state index in [0.29, 0.717) is 13.2 Å². The molecule has 0 aromatic heterocycles. The molecule has 0 saturated carbocycles. The summed E-state index contributed by atoms with van der Waals surface area (Å²) in [7, 11) is 0. The summed E-state index contributed by atoms with van der Waals surface area (Å²) in [5.41, 5.74) is 10.5. The van der Waals surface area contributed by atoms with Gasteiger partial charge in [-0.15, -0.1) is 0 Å². The molecule has 2 heteroatoms. The first-order valence-corrected chi connectivity index (χ1v) is 7.87. The van der Waals surface area contributed by atoms with E-state index in [9.17, 15) is 0 Å². The van der Waals surface area contributed by atoms with Gasteiger partial charge in [0.25, 0.3) is 0 Å². The van der Waals surface area contributed by atoms with E-state index in [2.05, 4.69) is 54.6 Å². The van der Waals surface area contributed by atoms with Crippen LogP contribution < -0.4 is 10.5 Å². The minimum Gasteiger partial charge on any atom is -0.489 e. The summed E-state index contributed by atoms with van der Waals surface area (Å²) in [4.78, 5) is 0. The van der Waals surface area contributed by atoms with Crippen LogP contribution in [0.4, 0.5) is 0 Å². The Morgan fingerprint density at radius 1 is 0.696 bits per heavy atom. The van der Waals surface area contributed by atoms with Crippen molar-refractivity contribution in [1.82, 2.24) is 0 Å². The minimum absolute atomic E-state index is 0.521. The molecule has 0 aliphatic heterocycles. The first kappa shape index (κ1) is 15.3. The maximum atomic E-state index is 6.08. The van der Waals surface area contributed by atoms with Crippen LogP contribution in [0.2, 0.25) is 0 Å². The van der Waals surface area contributed by atoms with Crippen LogP contribution in [0.3, 0.4) is 0 Å². The molecule has 0 spiro atoms. The number of rotatable bonds is 6. The summed E-state index contributed by atoms with van der Waals surface area (Å²) in [5, 5.41) is 0. The van der Waals surface area contributed by atoms with E-state index in [-0.39, 0.29) is 0 Å². The second-order valence-electron chi connectivity index (χ2n) is 5.58. The molecule has 0 saturated heterocycles. The first-order valence-electron chi connectivity index (χ1n) is 7.87. The van der Waals surface area contributed by atoms with Crippen LogP contribution in [-0.2, 0) is 19.6 Å². The van der Waals surface area contributed by atoms with Crippen molar-refractivity contribution in [2.24, 2.45) is 5.73 Å². The molecule has 0 bridgehead atoms. The Balaban J connectivity index is 1.81. The van der Waals surface area contributed by atoms with E-state index < -0.39 is 0 Å². The van der Waals surface area contributed by atoms with Crippen molar-refractivity contribution in [3.63, 3.8) is 0 Å². The van der Waals surface area contributed by atoms with Gasteiger partial charge in [-0.2, -0.15) is 0 Å². The lowest BCUT2D eigenvalue weighted by Crippen LogP contribution is -2.02. The number of hydrogen-bond acceptors (Lipinski definition) is 2. The van der Waals surface area contributed by atoms with Crippen molar-refractivity contribution in [3.8, 4) is 5.75 Å². The summed E-state index contributed by atoms with van der Waals surface area (Å²) in [6.07, 6.45) is 0.857. The van der Waals surface area contributed by atoms with Crippen LogP contribution in [0.15, 0.2) is 78.9 Å². The summed E-state index contributed by atoms with van der Waals surface area (Å²) >= 11 is 0. The van der Waals surface area contributed by atoms with E-state index in [4.69, 9.17) is 10.5 Å². The second kappa shape index (κ2) is 7.61. The molecular formula is C21H21NO. The van der Waals surface area contributed by atoms with Crippen LogP contribution in [-0.4, -0.2) is 0 Å². The topological polar surface area (TPSA) is 35.2 Å². The molecule has 0 unspecified atom stereocenters. The van der Waals surface area contributed by atoms with E-state index >= 15 is 0 Å². The molecule has 3 aromatic rings. The molecule has 0 amide bonds. The summed E-state index contributed by atoms with van der Waals surface area (Å²) in [6.45, 7) is 1.09. The molecule has 3 aromatic carbocycles. The van der Waals surface area contributed by atoms with Crippen LogP contribution in [0, 0.1) is 0 Å². The van der Waals surface area contributed by atoms with Gasteiger partial charge in [0, 0.05) is 13.0 Å². The van der Waals surface area contributed by atoms with Gasteiger partial charge in [-0.1, -0.05) is 72.8 Å². The molecule has 0 heterocycles. The van der Waals surface area contributed by atoms with Crippen molar-refractivity contribution >= 4 is 0 Å². The zero-order chi connectivity index (χ0) is 15.9. The highest BCUT2D eigenvalue weighted by Crippen LogP contribution is 2.24. The van der Waals surface area contributed by atoms with E-state index in [1.807, 2.05) is 24.3 Å². The molecule has 2 nitrogen and oxygen atoms in total. The molecule has 0 aliphatic rings. The average Bonchev–Trinajstić information content (AvgIpc) is 2.62. The molecule has 3 rings (SSSR count). The van der Waals surface area contributed by atoms with Gasteiger partial charge in [0.1, 0.15) is 12.4 Å². The Morgan fingerprint density at radius 2 is 1.35 bits per heavy atom. The Labute approximate surface area is 137 Å². The zero-order valence-electron chi connectivity index (χ0n) is 13.1. The molecule has 116 valence electrons. The molecular weight excluding hydrogens is 282 g/mol. The Bertz CT molecular complexity index is 738. The number of nitrogens with two attached hydrogens (primary N) is 1. The first-order chi connectivity index (χ1) is 11.3. The SMILES string of the molecule is NCc1ccc(Cc2ccccc2)c(OCc2ccccc2)c1. The normalized spacial score (nSPS) is 10.5. The number of hydrogen-bond donors (Lipinski definition) is 1. The summed E-state index contributed by atoms with van der Waals surface area (Å²) < 4.78 is 6.08. The molecule has 23 heavy (non-hydrogen) atoms. The second-order valence-corrected chi connectivity index (χ2v) is 5.58. The van der Waals surface area contributed by atoms with Crippen LogP contribution in [0.5, 0.6) is 5.75 Å². The van der Waals surface area contributed by atoms with Crippen molar-refractivity contribution in [2.75, 3.05) is 0 Å². The summed E-state index contributed by atoms with van der Waals surface area (Å²) in [6, 6.07) is 26.9. The maximum absolute atomic E-state index is 6.08. The Morgan fingerprint density at radius 3 is 2.00 bits per heavy atom. The summed E-state index contributed by atoms with van der Waals surface area (Å²) in [5.74, 6) is 0.917. The number of ether oxygens (including phenoxy) is 1. The molecule has 2 N–H and O–H groups in total. The highest BCUT2D eigenvalue weighted by Gasteiger charge is 2.07. The van der Waals surface area contributed by atoms with Crippen molar-refractivity contribution < 1.29 is 4.74 Å². The smallest absolute Gasteiger partial charge is 0.123 e. The van der Waals surface area contributed by atoms with Crippen LogP contribution in [0.25, 0.3) is 0 Å². The lowest BCUT2D eigenvalue weighted by Gasteiger charge is -2.13. The third kappa shape index (κ3) is 4.21. The van der Waals surface area contributed by atoms with Crippen molar-refractivity contribution in [3.05, 3.63) is 101 Å². The van der Waals surface area contributed by atoms with Gasteiger partial charge in [-0.25, -0.2) is 0 Å². The quantitative estimate of drug-likeness (QED) is 0.736. The highest BCUT2D eigenvalue weighted by molar-refractivity contribution is 5.41. The Kier molecular flexibility index (Phi) is 5.07. The van der Waals surface area contributed by atoms with Gasteiger partial charge in [0.2, 0.25) is 0 Å². The average molecular weight is 303 g/mol. The number of benzene rings is 3. The molecule has 0 atom stereocenters. The van der Waals surface area contributed by atoms with Crippen molar-refractivity contribution in [1.29, 1.82) is 0 Å². The van der Waals surface area contributed by atoms with Crippen LogP contribution >= 0.6 is 0 Å². The predicted octanol–water partition coefficient (Wildman–Crippen LogP) is 4.32. The van der Waals surface area contributed by atoms with Gasteiger partial charge in [0.05, 0.1) is 0 Å². The lowest BCUT2D eigenvalue weighted by atomic mass is 10.0. The third-order valence-corrected chi connectivity index (χ3v) is 3.84. The third-order valence-electron chi connectivity index (χ3n) is 3.84. The minimum atomic E-state index is 0.521. The molecule has 0 fully saturated rings. The highest BCUT2D eigenvalue weighted by atomic mass is 16.5. The fraction of sp³-hybridized carbons (Fsp3) is 0.143. The van der Waals surface area contributed by atoms with Crippen LogP contribution in [0.1, 0.15) is 22.3 Å². The predicted molar refractivity (Wildman–Crippen MR) is 94.4 cm³/mol. The Hall–Kier alpha value is -2.58. The van der Waals surface area contributed by atoms with E-state index in [1.165, 1.54) is 11.1 Å². The zero-order valence-corrected chi connectivity index (χ0v) is 13.1. The fourth-order valence-corrected chi connectivity index (χ4v) is 2.56. The van der Waals surface area contributed by atoms with Gasteiger partial charge in [0.15, 0.2) is 0 Å². The van der Waals surface area contributed by atoms with Gasteiger partial charge < -0.3 is 10.5 Å². The van der Waals surface area contributed by atoms with E-state index in [0.717, 1.165) is 23.3 Å². The maximum Gasteiger partial charge on any atom is 0.123 e. The van der Waals surface area contributed by atoms with Crippen molar-refractivity contribution in [2.45, 2.75) is 19.6 Å². The van der Waals surface area contributed by atoms with Gasteiger partial charge in [-0.05, 0) is 28.3 Å².